The van der Waals surface area contributed by atoms with Gasteiger partial charge >= 0.3 is 6.36 Å². The maximum Gasteiger partial charge on any atom is 0.573 e. The van der Waals surface area contributed by atoms with Crippen molar-refractivity contribution >= 4 is 21.6 Å². The van der Waals surface area contributed by atoms with Crippen molar-refractivity contribution in [3.05, 3.63) is 52.9 Å². The van der Waals surface area contributed by atoms with Crippen LogP contribution in [0.15, 0.2) is 52.3 Å². The van der Waals surface area contributed by atoms with E-state index in [4.69, 9.17) is 0 Å². The lowest BCUT2D eigenvalue weighted by Crippen LogP contribution is -2.33. The number of amides is 1. The van der Waals surface area contributed by atoms with Gasteiger partial charge < -0.3 is 14.6 Å². The molecule has 164 valence electrons. The van der Waals surface area contributed by atoms with Gasteiger partial charge in [0.15, 0.2) is 0 Å². The maximum atomic E-state index is 12.6. The van der Waals surface area contributed by atoms with E-state index in [1.807, 2.05) is 0 Å². The highest BCUT2D eigenvalue weighted by atomic mass is 32.2. The second-order valence-electron chi connectivity index (χ2n) is 6.04. The number of carbonyl (C=O) groups is 1. The SMILES string of the molecule is CCN(CC)S(=O)(=O)c1ccc(=O)n(CC(=O)Nc2ccc(OC(F)(F)F)cc2)c1. The van der Waals surface area contributed by atoms with Gasteiger partial charge in [-0.15, -0.1) is 13.2 Å². The Balaban J connectivity index is 2.14. The van der Waals surface area contributed by atoms with Crippen LogP contribution < -0.4 is 15.6 Å². The number of anilines is 1. The summed E-state index contributed by atoms with van der Waals surface area (Å²) in [6, 6.07) is 6.65. The predicted molar refractivity (Wildman–Crippen MR) is 103 cm³/mol. The summed E-state index contributed by atoms with van der Waals surface area (Å²) >= 11 is 0. The molecule has 1 heterocycles. The number of hydrogen-bond donors (Lipinski definition) is 1. The summed E-state index contributed by atoms with van der Waals surface area (Å²) in [6.45, 7) is 3.35. The van der Waals surface area contributed by atoms with E-state index >= 15 is 0 Å². The molecule has 1 amide bonds. The number of nitrogens with one attached hydrogen (secondary N) is 1. The van der Waals surface area contributed by atoms with Crippen LogP contribution in [0.3, 0.4) is 0 Å². The summed E-state index contributed by atoms with van der Waals surface area (Å²) in [5.41, 5.74) is -0.410. The number of sulfonamides is 1. The normalized spacial score (nSPS) is 12.1. The van der Waals surface area contributed by atoms with E-state index in [2.05, 4.69) is 10.1 Å². The second-order valence-corrected chi connectivity index (χ2v) is 7.98. The van der Waals surface area contributed by atoms with Crippen molar-refractivity contribution in [1.82, 2.24) is 8.87 Å². The second kappa shape index (κ2) is 9.30. The minimum Gasteiger partial charge on any atom is -0.406 e. The largest absolute Gasteiger partial charge is 0.573 e. The Bertz CT molecular complexity index is 1050. The molecule has 8 nitrogen and oxygen atoms in total. The Labute approximate surface area is 170 Å². The molecule has 1 N–H and O–H groups in total. The van der Waals surface area contributed by atoms with E-state index < -0.39 is 40.1 Å². The van der Waals surface area contributed by atoms with Gasteiger partial charge in [-0.2, -0.15) is 4.31 Å². The lowest BCUT2D eigenvalue weighted by atomic mass is 10.3. The van der Waals surface area contributed by atoms with E-state index in [0.29, 0.717) is 0 Å². The molecule has 2 rings (SSSR count). The van der Waals surface area contributed by atoms with Crippen LogP contribution in [0.25, 0.3) is 0 Å². The molecular weight excluding hydrogens is 427 g/mol. The molecule has 0 atom stereocenters. The third-order valence-electron chi connectivity index (χ3n) is 3.99. The average molecular weight is 447 g/mol. The maximum absolute atomic E-state index is 12.6. The van der Waals surface area contributed by atoms with Gasteiger partial charge in [-0.25, -0.2) is 8.42 Å². The molecule has 0 bridgehead atoms. The fourth-order valence-corrected chi connectivity index (χ4v) is 4.07. The van der Waals surface area contributed by atoms with Gasteiger partial charge in [0, 0.05) is 31.0 Å². The van der Waals surface area contributed by atoms with Gasteiger partial charge in [0.1, 0.15) is 12.3 Å². The summed E-state index contributed by atoms with van der Waals surface area (Å²) < 4.78 is 67.6. The summed E-state index contributed by atoms with van der Waals surface area (Å²) in [4.78, 5) is 24.1. The average Bonchev–Trinajstić information content (AvgIpc) is 2.64. The van der Waals surface area contributed by atoms with E-state index in [1.165, 1.54) is 22.5 Å². The molecule has 0 saturated heterocycles. The fraction of sp³-hybridized carbons (Fsp3) is 0.333. The molecule has 0 aliphatic carbocycles. The topological polar surface area (TPSA) is 97.7 Å². The Morgan fingerprint density at radius 3 is 2.23 bits per heavy atom. The monoisotopic (exact) mass is 447 g/mol. The lowest BCUT2D eigenvalue weighted by molar-refractivity contribution is -0.274. The first-order valence-corrected chi connectivity index (χ1v) is 10.3. The third-order valence-corrected chi connectivity index (χ3v) is 6.02. The molecule has 0 saturated carbocycles. The van der Waals surface area contributed by atoms with Gasteiger partial charge in [-0.3, -0.25) is 9.59 Å². The van der Waals surface area contributed by atoms with Crippen LogP contribution in [0.4, 0.5) is 18.9 Å². The third kappa shape index (κ3) is 6.07. The summed E-state index contributed by atoms with van der Waals surface area (Å²) in [7, 11) is -3.82. The fourth-order valence-electron chi connectivity index (χ4n) is 2.59. The highest BCUT2D eigenvalue weighted by Gasteiger charge is 2.31. The van der Waals surface area contributed by atoms with E-state index in [1.54, 1.807) is 13.8 Å². The Kier molecular flexibility index (Phi) is 7.26. The summed E-state index contributed by atoms with van der Waals surface area (Å²) in [5, 5.41) is 2.42. The zero-order valence-electron chi connectivity index (χ0n) is 16.1. The predicted octanol–water partition coefficient (Wildman–Crippen LogP) is 2.42. The van der Waals surface area contributed by atoms with Crippen molar-refractivity contribution < 1.29 is 31.1 Å². The van der Waals surface area contributed by atoms with Crippen molar-refractivity contribution in [3.63, 3.8) is 0 Å². The van der Waals surface area contributed by atoms with Crippen LogP contribution in [0.5, 0.6) is 5.75 Å². The van der Waals surface area contributed by atoms with E-state index in [0.717, 1.165) is 29.0 Å². The van der Waals surface area contributed by atoms with Gasteiger partial charge in [0.25, 0.3) is 5.56 Å². The minimum absolute atomic E-state index is 0.132. The molecular formula is C18H20F3N3O5S. The summed E-state index contributed by atoms with van der Waals surface area (Å²) in [6.07, 6.45) is -3.75. The van der Waals surface area contributed by atoms with E-state index in [9.17, 15) is 31.2 Å². The number of hydrogen-bond acceptors (Lipinski definition) is 5. The number of alkyl halides is 3. The van der Waals surface area contributed by atoms with Gasteiger partial charge in [-0.05, 0) is 30.3 Å². The van der Waals surface area contributed by atoms with Gasteiger partial charge in [0.05, 0.1) is 4.90 Å². The quantitative estimate of drug-likeness (QED) is 0.670. The Hall–Kier alpha value is -2.86. The zero-order valence-corrected chi connectivity index (χ0v) is 17.0. The minimum atomic E-state index is -4.83. The molecule has 0 radical (unpaired) electrons. The van der Waals surface area contributed by atoms with Crippen molar-refractivity contribution in [3.8, 4) is 5.75 Å². The number of nitrogens with zero attached hydrogens (tertiary/aromatic N) is 2. The van der Waals surface area contributed by atoms with Crippen LogP contribution in [-0.4, -0.2) is 42.6 Å². The number of carbonyl (C=O) groups excluding carboxylic acids is 1. The van der Waals surface area contributed by atoms with E-state index in [-0.39, 0.29) is 23.7 Å². The molecule has 1 aromatic heterocycles. The van der Waals surface area contributed by atoms with Gasteiger partial charge in [0.2, 0.25) is 15.9 Å². The first-order chi connectivity index (χ1) is 14.0. The smallest absolute Gasteiger partial charge is 0.406 e. The molecule has 0 aliphatic heterocycles. The lowest BCUT2D eigenvalue weighted by Gasteiger charge is -2.19. The molecule has 0 spiro atoms. The number of rotatable bonds is 8. The van der Waals surface area contributed by atoms with Crippen LogP contribution in [0, 0.1) is 0 Å². The number of ether oxygens (including phenoxy) is 1. The van der Waals surface area contributed by atoms with Crippen LogP contribution in [0.1, 0.15) is 13.8 Å². The van der Waals surface area contributed by atoms with Crippen molar-refractivity contribution in [2.75, 3.05) is 18.4 Å². The van der Waals surface area contributed by atoms with Crippen LogP contribution >= 0.6 is 0 Å². The summed E-state index contributed by atoms with van der Waals surface area (Å²) in [5.74, 6) is -1.12. The van der Waals surface area contributed by atoms with Crippen LogP contribution in [0.2, 0.25) is 0 Å². The molecule has 12 heteroatoms. The first-order valence-electron chi connectivity index (χ1n) is 8.82. The highest BCUT2D eigenvalue weighted by molar-refractivity contribution is 7.89. The molecule has 30 heavy (non-hydrogen) atoms. The standard InChI is InChI=1S/C18H20F3N3O5S/c1-3-24(4-2)30(27,28)15-9-10-17(26)23(11-15)12-16(25)22-13-5-7-14(8-6-13)29-18(19,20)21/h5-11H,3-4,12H2,1-2H3,(H,22,25). The van der Waals surface area contributed by atoms with Crippen molar-refractivity contribution in [2.24, 2.45) is 0 Å². The first kappa shape index (κ1) is 23.4. The Morgan fingerprint density at radius 2 is 1.70 bits per heavy atom. The Morgan fingerprint density at radius 1 is 1.10 bits per heavy atom. The van der Waals surface area contributed by atoms with Crippen LogP contribution in [-0.2, 0) is 21.4 Å². The number of benzene rings is 1. The molecule has 0 fully saturated rings. The van der Waals surface area contributed by atoms with Crippen molar-refractivity contribution in [1.29, 1.82) is 0 Å². The van der Waals surface area contributed by atoms with Gasteiger partial charge in [-0.1, -0.05) is 13.8 Å². The molecule has 1 aromatic carbocycles. The molecule has 2 aromatic rings. The molecule has 0 aliphatic rings. The number of aromatic nitrogens is 1. The highest BCUT2D eigenvalue weighted by Crippen LogP contribution is 2.24. The van der Waals surface area contributed by atoms with Crippen molar-refractivity contribution in [2.45, 2.75) is 31.7 Å². The number of pyridine rings is 1. The molecule has 0 unspecified atom stereocenters. The zero-order chi connectivity index (χ0) is 22.5. The number of halogens is 3.